The Hall–Kier alpha value is -3.05. The molecule has 0 N–H and O–H groups in total. The van der Waals surface area contributed by atoms with Crippen molar-refractivity contribution in [1.29, 1.82) is 0 Å². The van der Waals surface area contributed by atoms with Gasteiger partial charge in [-0.15, -0.1) is 11.6 Å². The number of alkyl halides is 1. The molecular weight excluding hydrogens is 515 g/mol. The van der Waals surface area contributed by atoms with Gasteiger partial charge in [0.25, 0.3) is 0 Å². The number of methoxy groups -OCH3 is 2. The van der Waals surface area contributed by atoms with E-state index in [9.17, 15) is 4.79 Å². The third-order valence-corrected chi connectivity index (χ3v) is 8.38. The molecule has 0 spiro atoms. The standard InChI is InChI=1S/C33H38ClFO4/c1-21(28-15-22(19-34)9-13-27(28)30-17-25(37-4)12-14-31(30)35)33(2,3)20-39-26-8-6-7-24(16-26)29(23-10-11-23)18-32(36)38-5/h6-9,12-17,21,23,29H,10-11,18-20H2,1-5H3/t21-,29-/m1/s1. The lowest BCUT2D eigenvalue weighted by Crippen LogP contribution is -2.28. The molecule has 1 aliphatic carbocycles. The number of hydrogen-bond donors (Lipinski definition) is 0. The van der Waals surface area contributed by atoms with E-state index in [-0.39, 0.29) is 29.0 Å². The molecule has 0 heterocycles. The number of halogens is 2. The normalized spacial score (nSPS) is 14.9. The molecule has 0 unspecified atom stereocenters. The molecule has 1 saturated carbocycles. The lowest BCUT2D eigenvalue weighted by Gasteiger charge is -2.34. The third kappa shape index (κ3) is 6.94. The molecule has 2 atom stereocenters. The van der Waals surface area contributed by atoms with Crippen LogP contribution in [0.5, 0.6) is 11.5 Å². The van der Waals surface area contributed by atoms with Crippen molar-refractivity contribution in [1.82, 2.24) is 0 Å². The summed E-state index contributed by atoms with van der Waals surface area (Å²) in [6.45, 7) is 6.91. The van der Waals surface area contributed by atoms with Gasteiger partial charge in [-0.1, -0.05) is 51.1 Å². The minimum Gasteiger partial charge on any atom is -0.497 e. The molecule has 0 radical (unpaired) electrons. The van der Waals surface area contributed by atoms with E-state index in [1.807, 2.05) is 24.3 Å². The van der Waals surface area contributed by atoms with Crippen LogP contribution >= 0.6 is 11.6 Å². The molecule has 4 rings (SSSR count). The third-order valence-electron chi connectivity index (χ3n) is 8.08. The fourth-order valence-electron chi connectivity index (χ4n) is 5.11. The van der Waals surface area contributed by atoms with Gasteiger partial charge >= 0.3 is 5.97 Å². The predicted octanol–water partition coefficient (Wildman–Crippen LogP) is 8.51. The lowest BCUT2D eigenvalue weighted by atomic mass is 9.74. The number of ether oxygens (including phenoxy) is 3. The first kappa shape index (κ1) is 28.9. The number of hydrogen-bond acceptors (Lipinski definition) is 4. The predicted molar refractivity (Wildman–Crippen MR) is 154 cm³/mol. The highest BCUT2D eigenvalue weighted by Crippen LogP contribution is 2.46. The van der Waals surface area contributed by atoms with E-state index >= 15 is 4.39 Å². The first-order valence-corrected chi connectivity index (χ1v) is 14.0. The van der Waals surface area contributed by atoms with Crippen molar-refractivity contribution in [2.75, 3.05) is 20.8 Å². The van der Waals surface area contributed by atoms with Gasteiger partial charge in [-0.2, -0.15) is 0 Å². The van der Waals surface area contributed by atoms with Crippen LogP contribution in [0.15, 0.2) is 60.7 Å². The molecule has 0 amide bonds. The fourth-order valence-corrected chi connectivity index (χ4v) is 5.27. The molecule has 39 heavy (non-hydrogen) atoms. The zero-order valence-corrected chi connectivity index (χ0v) is 24.2. The van der Waals surface area contributed by atoms with Crippen LogP contribution in [0, 0.1) is 17.2 Å². The van der Waals surface area contributed by atoms with Gasteiger partial charge in [0.05, 0.1) is 27.2 Å². The quantitative estimate of drug-likeness (QED) is 0.167. The summed E-state index contributed by atoms with van der Waals surface area (Å²) < 4.78 is 31.7. The van der Waals surface area contributed by atoms with Gasteiger partial charge in [0.1, 0.15) is 17.3 Å². The first-order valence-electron chi connectivity index (χ1n) is 13.5. The van der Waals surface area contributed by atoms with E-state index in [0.29, 0.717) is 36.1 Å². The Bertz CT molecular complexity index is 1300. The van der Waals surface area contributed by atoms with Crippen molar-refractivity contribution in [3.8, 4) is 22.6 Å². The highest BCUT2D eigenvalue weighted by atomic mass is 35.5. The molecule has 4 nitrogen and oxygen atoms in total. The molecule has 0 aromatic heterocycles. The summed E-state index contributed by atoms with van der Waals surface area (Å²) in [5.41, 5.74) is 4.11. The van der Waals surface area contributed by atoms with Crippen LogP contribution in [0.2, 0.25) is 0 Å². The van der Waals surface area contributed by atoms with Crippen molar-refractivity contribution in [2.24, 2.45) is 11.3 Å². The van der Waals surface area contributed by atoms with Crippen molar-refractivity contribution in [3.05, 3.63) is 83.2 Å². The fraction of sp³-hybridized carbons (Fsp3) is 0.424. The number of esters is 1. The van der Waals surface area contributed by atoms with Crippen molar-refractivity contribution in [2.45, 2.75) is 57.7 Å². The van der Waals surface area contributed by atoms with Crippen LogP contribution in [-0.4, -0.2) is 26.8 Å². The maximum Gasteiger partial charge on any atom is 0.306 e. The molecular formula is C33H38ClFO4. The monoisotopic (exact) mass is 552 g/mol. The van der Waals surface area contributed by atoms with Crippen molar-refractivity contribution < 1.29 is 23.4 Å². The number of carbonyl (C=O) groups is 1. The number of carbonyl (C=O) groups excluding carboxylic acids is 1. The van der Waals surface area contributed by atoms with Gasteiger partial charge in [0.15, 0.2) is 0 Å². The Morgan fingerprint density at radius 2 is 1.79 bits per heavy atom. The lowest BCUT2D eigenvalue weighted by molar-refractivity contribution is -0.141. The molecule has 208 valence electrons. The Kier molecular flexibility index (Phi) is 9.22. The summed E-state index contributed by atoms with van der Waals surface area (Å²) in [4.78, 5) is 12.0. The Morgan fingerprint density at radius 3 is 2.46 bits per heavy atom. The van der Waals surface area contributed by atoms with Gasteiger partial charge in [0.2, 0.25) is 0 Å². The minimum absolute atomic E-state index is 0.0167. The largest absolute Gasteiger partial charge is 0.497 e. The summed E-state index contributed by atoms with van der Waals surface area (Å²) in [6.07, 6.45) is 2.65. The second-order valence-electron chi connectivity index (χ2n) is 11.2. The van der Waals surface area contributed by atoms with Crippen LogP contribution in [0.25, 0.3) is 11.1 Å². The average molecular weight is 553 g/mol. The van der Waals surface area contributed by atoms with Gasteiger partial charge < -0.3 is 14.2 Å². The number of benzene rings is 3. The summed E-state index contributed by atoms with van der Waals surface area (Å²) in [5, 5.41) is 0. The van der Waals surface area contributed by atoms with E-state index < -0.39 is 0 Å². The highest BCUT2D eigenvalue weighted by Gasteiger charge is 2.35. The highest BCUT2D eigenvalue weighted by molar-refractivity contribution is 6.17. The Labute approximate surface area is 236 Å². The smallest absolute Gasteiger partial charge is 0.306 e. The molecule has 1 fully saturated rings. The van der Waals surface area contributed by atoms with E-state index in [2.05, 4.69) is 39.0 Å². The zero-order chi connectivity index (χ0) is 28.2. The first-order chi connectivity index (χ1) is 18.7. The van der Waals surface area contributed by atoms with Crippen molar-refractivity contribution >= 4 is 17.6 Å². The molecule has 6 heteroatoms. The van der Waals surface area contributed by atoms with E-state index in [0.717, 1.165) is 40.8 Å². The van der Waals surface area contributed by atoms with Gasteiger partial charge in [-0.25, -0.2) is 4.39 Å². The summed E-state index contributed by atoms with van der Waals surface area (Å²) >= 11 is 6.20. The van der Waals surface area contributed by atoms with Crippen LogP contribution in [0.1, 0.15) is 68.6 Å². The van der Waals surface area contributed by atoms with Gasteiger partial charge in [-0.3, -0.25) is 4.79 Å². The zero-order valence-electron chi connectivity index (χ0n) is 23.4. The van der Waals surface area contributed by atoms with E-state index in [1.165, 1.54) is 13.2 Å². The van der Waals surface area contributed by atoms with Gasteiger partial charge in [0, 0.05) is 16.9 Å². The van der Waals surface area contributed by atoms with Crippen LogP contribution < -0.4 is 9.47 Å². The maximum absolute atomic E-state index is 15.0. The minimum atomic E-state index is -0.300. The summed E-state index contributed by atoms with van der Waals surface area (Å²) in [7, 11) is 3.01. The second-order valence-corrected chi connectivity index (χ2v) is 11.5. The Morgan fingerprint density at radius 1 is 1.03 bits per heavy atom. The summed E-state index contributed by atoms with van der Waals surface area (Å²) in [5.74, 6) is 1.94. The molecule has 0 saturated heterocycles. The number of rotatable bonds is 12. The summed E-state index contributed by atoms with van der Waals surface area (Å²) in [6, 6.07) is 18.8. The Balaban J connectivity index is 1.58. The maximum atomic E-state index is 15.0. The van der Waals surface area contributed by atoms with E-state index in [1.54, 1.807) is 19.2 Å². The van der Waals surface area contributed by atoms with E-state index in [4.69, 9.17) is 25.8 Å². The van der Waals surface area contributed by atoms with Crippen LogP contribution in [0.4, 0.5) is 4.39 Å². The van der Waals surface area contributed by atoms with Crippen molar-refractivity contribution in [3.63, 3.8) is 0 Å². The van der Waals surface area contributed by atoms with Crippen LogP contribution in [-0.2, 0) is 15.4 Å². The molecule has 1 aliphatic rings. The SMILES string of the molecule is COC(=O)C[C@@H](c1cccc(OCC(C)(C)[C@H](C)c2cc(CCl)ccc2-c2cc(OC)ccc2F)c1)C1CC1. The van der Waals surface area contributed by atoms with Gasteiger partial charge in [-0.05, 0) is 83.2 Å². The molecule has 3 aromatic carbocycles. The average Bonchev–Trinajstić information content (AvgIpc) is 3.80. The van der Waals surface area contributed by atoms with Crippen LogP contribution in [0.3, 0.4) is 0 Å². The molecule has 3 aromatic rings. The topological polar surface area (TPSA) is 44.8 Å². The molecule has 0 bridgehead atoms. The molecule has 0 aliphatic heterocycles. The second kappa shape index (κ2) is 12.4.